The second kappa shape index (κ2) is 4.04. The molecule has 0 aliphatic carbocycles. The van der Waals surface area contributed by atoms with Gasteiger partial charge in [0.1, 0.15) is 0 Å². The molecule has 0 amide bonds. The minimum Gasteiger partial charge on any atom is -0.505 e. The van der Waals surface area contributed by atoms with E-state index in [1.807, 2.05) is 6.07 Å². The van der Waals surface area contributed by atoms with Gasteiger partial charge >= 0.3 is 0 Å². The van der Waals surface area contributed by atoms with Gasteiger partial charge < -0.3 is 10.8 Å². The highest BCUT2D eigenvalue weighted by Gasteiger charge is 1.99. The summed E-state index contributed by atoms with van der Waals surface area (Å²) in [5, 5.41) is 17.6. The molecule has 0 bridgehead atoms. The topological polar surface area (TPSA) is 70.0 Å². The average Bonchev–Trinajstić information content (AvgIpc) is 2.13. The smallest absolute Gasteiger partial charge is 0.154 e. The van der Waals surface area contributed by atoms with E-state index in [4.69, 9.17) is 11.0 Å². The molecule has 3 N–H and O–H groups in total. The van der Waals surface area contributed by atoms with Gasteiger partial charge in [-0.15, -0.1) is 0 Å². The molecule has 0 heterocycles. The quantitative estimate of drug-likeness (QED) is 0.351. The number of phenols is 1. The molecule has 0 fully saturated rings. The van der Waals surface area contributed by atoms with Gasteiger partial charge in [0.2, 0.25) is 0 Å². The van der Waals surface area contributed by atoms with Crippen LogP contribution >= 0.6 is 0 Å². The number of anilines is 1. The summed E-state index contributed by atoms with van der Waals surface area (Å²) in [6, 6.07) is 6.82. The number of rotatable bonds is 0. The van der Waals surface area contributed by atoms with Crippen LogP contribution in [-0.2, 0) is 0 Å². The lowest BCUT2D eigenvalue weighted by Crippen LogP contribution is -1.87. The van der Waals surface area contributed by atoms with Crippen LogP contribution in [0.5, 0.6) is 5.75 Å². The Morgan fingerprint density at radius 1 is 1.46 bits per heavy atom. The third kappa shape index (κ3) is 2.15. The minimum absolute atomic E-state index is 0.0204. The van der Waals surface area contributed by atoms with E-state index in [9.17, 15) is 5.11 Å². The first-order valence-corrected chi connectivity index (χ1v) is 3.69. The minimum atomic E-state index is -0.0204. The number of nitrogens with zero attached hydrogens (tertiary/aromatic N) is 1. The number of hydrogen-bond donors (Lipinski definition) is 2. The van der Waals surface area contributed by atoms with Gasteiger partial charge in [0.15, 0.2) is 5.75 Å². The first-order valence-electron chi connectivity index (χ1n) is 3.69. The summed E-state index contributed by atoms with van der Waals surface area (Å²) in [5.41, 5.74) is 6.19. The summed E-state index contributed by atoms with van der Waals surface area (Å²) < 4.78 is 0. The first-order chi connectivity index (χ1) is 6.25. The Balaban J connectivity index is 2.99. The first kappa shape index (κ1) is 8.96. The van der Waals surface area contributed by atoms with Crippen LogP contribution in [0.3, 0.4) is 0 Å². The van der Waals surface area contributed by atoms with Crippen LogP contribution in [0.4, 0.5) is 5.69 Å². The lowest BCUT2D eigenvalue weighted by Gasteiger charge is -1.98. The molecule has 1 aromatic carbocycles. The van der Waals surface area contributed by atoms with Gasteiger partial charge in [0.05, 0.1) is 23.7 Å². The van der Waals surface area contributed by atoms with Gasteiger partial charge in [0.25, 0.3) is 0 Å². The molecule has 0 aliphatic heterocycles. The molecule has 3 nitrogen and oxygen atoms in total. The zero-order valence-corrected chi connectivity index (χ0v) is 6.91. The van der Waals surface area contributed by atoms with Crippen LogP contribution in [0.1, 0.15) is 12.0 Å². The van der Waals surface area contributed by atoms with Crippen LogP contribution in [0.15, 0.2) is 18.2 Å². The number of aromatic hydroxyl groups is 1. The Hall–Kier alpha value is -2.13. The van der Waals surface area contributed by atoms with E-state index in [0.717, 1.165) is 0 Å². The lowest BCUT2D eigenvalue weighted by molar-refractivity contribution is 0.476. The molecule has 0 saturated heterocycles. The van der Waals surface area contributed by atoms with Crippen LogP contribution in [0.2, 0.25) is 0 Å². The summed E-state index contributed by atoms with van der Waals surface area (Å²) in [6.07, 6.45) is 0.147. The van der Waals surface area contributed by atoms with Gasteiger partial charge in [-0.25, -0.2) is 0 Å². The second-order valence-electron chi connectivity index (χ2n) is 2.38. The Morgan fingerprint density at radius 2 is 2.23 bits per heavy atom. The Labute approximate surface area is 76.4 Å². The largest absolute Gasteiger partial charge is 0.505 e. The number of nitriles is 1. The predicted octanol–water partition coefficient (Wildman–Crippen LogP) is 1.24. The number of para-hydroxylation sites is 1. The highest BCUT2D eigenvalue weighted by molar-refractivity contribution is 5.60. The summed E-state index contributed by atoms with van der Waals surface area (Å²) in [6.45, 7) is 0. The SMILES string of the molecule is N#CCC#Cc1cccc(N)c1O. The maximum Gasteiger partial charge on any atom is 0.154 e. The van der Waals surface area contributed by atoms with Gasteiger partial charge in [-0.3, -0.25) is 0 Å². The molecule has 0 radical (unpaired) electrons. The fraction of sp³-hybridized carbons (Fsp3) is 0.100. The molecule has 0 saturated carbocycles. The van der Waals surface area contributed by atoms with Gasteiger partial charge in [-0.1, -0.05) is 17.9 Å². The van der Waals surface area contributed by atoms with Crippen molar-refractivity contribution >= 4 is 5.69 Å². The summed E-state index contributed by atoms with van der Waals surface area (Å²) in [5.74, 6) is 5.22. The molecule has 1 aromatic rings. The maximum absolute atomic E-state index is 9.39. The van der Waals surface area contributed by atoms with E-state index in [1.165, 1.54) is 0 Å². The van der Waals surface area contributed by atoms with Crippen LogP contribution in [-0.4, -0.2) is 5.11 Å². The third-order valence-electron chi connectivity index (χ3n) is 1.46. The molecular weight excluding hydrogens is 164 g/mol. The van der Waals surface area contributed by atoms with Crippen molar-refractivity contribution in [3.8, 4) is 23.7 Å². The Morgan fingerprint density at radius 3 is 2.92 bits per heavy atom. The van der Waals surface area contributed by atoms with Crippen LogP contribution in [0.25, 0.3) is 0 Å². The highest BCUT2D eigenvalue weighted by atomic mass is 16.3. The van der Waals surface area contributed by atoms with Crippen molar-refractivity contribution in [3.63, 3.8) is 0 Å². The average molecular weight is 172 g/mol. The molecule has 0 spiro atoms. The molecule has 0 aliphatic rings. The normalized spacial score (nSPS) is 8.23. The standard InChI is InChI=1S/C10H8N2O/c11-7-2-1-4-8-5-3-6-9(12)10(8)13/h3,5-6,13H,2,12H2. The lowest BCUT2D eigenvalue weighted by atomic mass is 10.2. The Bertz CT molecular complexity index is 407. The number of nitrogen functional groups attached to an aromatic ring is 1. The second-order valence-corrected chi connectivity index (χ2v) is 2.38. The van der Waals surface area contributed by atoms with Crippen molar-refractivity contribution in [3.05, 3.63) is 23.8 Å². The predicted molar refractivity (Wildman–Crippen MR) is 49.6 cm³/mol. The number of nitrogens with two attached hydrogens (primary N) is 1. The van der Waals surface area contributed by atoms with E-state index in [-0.39, 0.29) is 12.2 Å². The fourth-order valence-corrected chi connectivity index (χ4v) is 0.841. The maximum atomic E-state index is 9.39. The number of hydrogen-bond acceptors (Lipinski definition) is 3. The molecule has 1 rings (SSSR count). The van der Waals surface area contributed by atoms with E-state index < -0.39 is 0 Å². The molecule has 0 aromatic heterocycles. The zero-order valence-electron chi connectivity index (χ0n) is 6.91. The van der Waals surface area contributed by atoms with Crippen molar-refractivity contribution in [2.24, 2.45) is 0 Å². The van der Waals surface area contributed by atoms with Crippen molar-refractivity contribution in [2.75, 3.05) is 5.73 Å². The van der Waals surface area contributed by atoms with E-state index in [1.54, 1.807) is 18.2 Å². The monoisotopic (exact) mass is 172 g/mol. The molecule has 64 valence electrons. The van der Waals surface area contributed by atoms with E-state index in [0.29, 0.717) is 11.3 Å². The molecule has 0 unspecified atom stereocenters. The van der Waals surface area contributed by atoms with Gasteiger partial charge in [-0.2, -0.15) is 5.26 Å². The number of benzene rings is 1. The highest BCUT2D eigenvalue weighted by Crippen LogP contribution is 2.23. The molecule has 13 heavy (non-hydrogen) atoms. The Kier molecular flexibility index (Phi) is 2.78. The number of phenolic OH excluding ortho intramolecular Hbond substituents is 1. The van der Waals surface area contributed by atoms with E-state index >= 15 is 0 Å². The summed E-state index contributed by atoms with van der Waals surface area (Å²) in [7, 11) is 0. The third-order valence-corrected chi connectivity index (χ3v) is 1.46. The zero-order chi connectivity index (χ0) is 9.68. The van der Waals surface area contributed by atoms with E-state index in [2.05, 4.69) is 11.8 Å². The van der Waals surface area contributed by atoms with Crippen LogP contribution in [0, 0.1) is 23.2 Å². The molecule has 0 atom stereocenters. The van der Waals surface area contributed by atoms with Crippen molar-refractivity contribution in [1.29, 1.82) is 5.26 Å². The van der Waals surface area contributed by atoms with Crippen LogP contribution < -0.4 is 5.73 Å². The van der Waals surface area contributed by atoms with Gasteiger partial charge in [0, 0.05) is 0 Å². The van der Waals surface area contributed by atoms with Crippen molar-refractivity contribution in [1.82, 2.24) is 0 Å². The summed E-state index contributed by atoms with van der Waals surface area (Å²) >= 11 is 0. The molecular formula is C10H8N2O. The summed E-state index contributed by atoms with van der Waals surface area (Å²) in [4.78, 5) is 0. The fourth-order valence-electron chi connectivity index (χ4n) is 0.841. The van der Waals surface area contributed by atoms with Crippen molar-refractivity contribution < 1.29 is 5.11 Å². The van der Waals surface area contributed by atoms with Gasteiger partial charge in [-0.05, 0) is 12.1 Å². The molecule has 3 heteroatoms. The van der Waals surface area contributed by atoms with Crippen molar-refractivity contribution in [2.45, 2.75) is 6.42 Å².